The van der Waals surface area contributed by atoms with Gasteiger partial charge in [-0.15, -0.1) is 0 Å². The van der Waals surface area contributed by atoms with E-state index < -0.39 is 0 Å². The lowest BCUT2D eigenvalue weighted by atomic mass is 10.0. The van der Waals surface area contributed by atoms with E-state index in [0.717, 1.165) is 19.5 Å². The summed E-state index contributed by atoms with van der Waals surface area (Å²) < 4.78 is 6.00. The molecule has 3 aromatic carbocycles. The molecule has 2 nitrogen and oxygen atoms in total. The van der Waals surface area contributed by atoms with Crippen LogP contribution in [-0.2, 0) is 6.54 Å². The third-order valence-electron chi connectivity index (χ3n) is 5.10. The lowest BCUT2D eigenvalue weighted by molar-refractivity contribution is 0.167. The second-order valence-corrected chi connectivity index (χ2v) is 7.55. The van der Waals surface area contributed by atoms with Gasteiger partial charge in [-0.2, -0.15) is 0 Å². The highest BCUT2D eigenvalue weighted by Gasteiger charge is 2.25. The Morgan fingerprint density at radius 1 is 0.962 bits per heavy atom. The van der Waals surface area contributed by atoms with Gasteiger partial charge in [0.1, 0.15) is 17.4 Å². The maximum absolute atomic E-state index is 6.24. The minimum Gasteiger partial charge on any atom is -0.490 e. The number of hydrogen-bond acceptors (Lipinski definition) is 2. The highest BCUT2D eigenvalue weighted by Crippen LogP contribution is 2.32. The standard InChI is InChI=1S/C22H21Cl2NO/c23-20-11-4-12-21(22(20)24)26-15-18-9-5-13-25(18)14-17-8-3-7-16-6-1-2-10-19(16)17/h1-4,6-8,10-12,18H,5,9,13-15H2/t18-/m1/s1. The van der Waals surface area contributed by atoms with E-state index in [1.54, 1.807) is 6.07 Å². The van der Waals surface area contributed by atoms with Gasteiger partial charge in [0.15, 0.2) is 0 Å². The van der Waals surface area contributed by atoms with Gasteiger partial charge in [0.2, 0.25) is 0 Å². The number of likely N-dealkylation sites (tertiary alicyclic amines) is 1. The Hall–Kier alpha value is -1.74. The average molecular weight is 386 g/mol. The van der Waals surface area contributed by atoms with Crippen LogP contribution in [0.2, 0.25) is 10.0 Å². The molecule has 4 rings (SSSR count). The summed E-state index contributed by atoms with van der Waals surface area (Å²) in [5, 5.41) is 3.65. The Balaban J connectivity index is 1.47. The molecule has 1 aliphatic heterocycles. The van der Waals surface area contributed by atoms with Crippen molar-refractivity contribution in [3.63, 3.8) is 0 Å². The van der Waals surface area contributed by atoms with Gasteiger partial charge in [-0.3, -0.25) is 4.90 Å². The Morgan fingerprint density at radius 3 is 2.69 bits per heavy atom. The zero-order chi connectivity index (χ0) is 17.9. The summed E-state index contributed by atoms with van der Waals surface area (Å²) in [6.07, 6.45) is 2.34. The molecule has 0 unspecified atom stereocenters. The Labute approximate surface area is 164 Å². The lowest BCUT2D eigenvalue weighted by Gasteiger charge is -2.25. The van der Waals surface area contributed by atoms with E-state index in [0.29, 0.717) is 28.4 Å². The molecule has 1 atom stereocenters. The van der Waals surface area contributed by atoms with Gasteiger partial charge >= 0.3 is 0 Å². The first-order valence-corrected chi connectivity index (χ1v) is 9.75. The molecular weight excluding hydrogens is 365 g/mol. The molecule has 0 aliphatic carbocycles. The second-order valence-electron chi connectivity index (χ2n) is 6.77. The highest BCUT2D eigenvalue weighted by molar-refractivity contribution is 6.42. The SMILES string of the molecule is Clc1cccc(OC[C@H]2CCCN2Cc2cccc3ccccc23)c1Cl. The molecule has 0 bridgehead atoms. The molecule has 1 aliphatic rings. The smallest absolute Gasteiger partial charge is 0.139 e. The van der Waals surface area contributed by atoms with Crippen molar-refractivity contribution in [1.29, 1.82) is 0 Å². The fourth-order valence-corrected chi connectivity index (χ4v) is 4.07. The molecule has 0 aromatic heterocycles. The summed E-state index contributed by atoms with van der Waals surface area (Å²) in [5.74, 6) is 0.663. The van der Waals surface area contributed by atoms with Crippen LogP contribution in [0, 0.1) is 0 Å². The Morgan fingerprint density at radius 2 is 1.77 bits per heavy atom. The van der Waals surface area contributed by atoms with Gasteiger partial charge in [-0.05, 0) is 47.9 Å². The van der Waals surface area contributed by atoms with E-state index in [2.05, 4.69) is 47.4 Å². The molecule has 3 aromatic rings. The van der Waals surface area contributed by atoms with Crippen molar-refractivity contribution in [3.8, 4) is 5.75 Å². The van der Waals surface area contributed by atoms with E-state index in [4.69, 9.17) is 27.9 Å². The molecule has 1 saturated heterocycles. The van der Waals surface area contributed by atoms with Crippen molar-refractivity contribution in [2.75, 3.05) is 13.2 Å². The molecule has 0 N–H and O–H groups in total. The topological polar surface area (TPSA) is 12.5 Å². The van der Waals surface area contributed by atoms with Crippen molar-refractivity contribution in [1.82, 2.24) is 4.90 Å². The molecular formula is C22H21Cl2NO. The van der Waals surface area contributed by atoms with Gasteiger partial charge in [-0.25, -0.2) is 0 Å². The molecule has 1 fully saturated rings. The van der Waals surface area contributed by atoms with Crippen LogP contribution < -0.4 is 4.74 Å². The molecule has 26 heavy (non-hydrogen) atoms. The third kappa shape index (κ3) is 3.68. The molecule has 0 spiro atoms. The van der Waals surface area contributed by atoms with Crippen LogP contribution in [0.5, 0.6) is 5.75 Å². The van der Waals surface area contributed by atoms with E-state index in [1.165, 1.54) is 22.8 Å². The van der Waals surface area contributed by atoms with Gasteiger partial charge in [0.25, 0.3) is 0 Å². The number of ether oxygens (including phenoxy) is 1. The number of nitrogens with zero attached hydrogens (tertiary/aromatic N) is 1. The normalized spacial score (nSPS) is 17.7. The minimum atomic E-state index is 0.393. The Kier molecular flexibility index (Phi) is 5.35. The molecule has 0 amide bonds. The van der Waals surface area contributed by atoms with Gasteiger partial charge < -0.3 is 4.74 Å². The minimum absolute atomic E-state index is 0.393. The monoisotopic (exact) mass is 385 g/mol. The van der Waals surface area contributed by atoms with Crippen LogP contribution in [0.1, 0.15) is 18.4 Å². The van der Waals surface area contributed by atoms with E-state index in [1.807, 2.05) is 12.1 Å². The predicted molar refractivity (Wildman–Crippen MR) is 109 cm³/mol. The number of benzene rings is 3. The van der Waals surface area contributed by atoms with Gasteiger partial charge in [0, 0.05) is 12.6 Å². The number of hydrogen-bond donors (Lipinski definition) is 0. The number of fused-ring (bicyclic) bond motifs is 1. The maximum Gasteiger partial charge on any atom is 0.139 e. The second kappa shape index (κ2) is 7.87. The first-order chi connectivity index (χ1) is 12.7. The first-order valence-electron chi connectivity index (χ1n) is 9.00. The quantitative estimate of drug-likeness (QED) is 0.518. The zero-order valence-electron chi connectivity index (χ0n) is 14.5. The van der Waals surface area contributed by atoms with Crippen LogP contribution in [0.4, 0.5) is 0 Å². The van der Waals surface area contributed by atoms with Crippen molar-refractivity contribution < 1.29 is 4.74 Å². The molecule has 0 radical (unpaired) electrons. The summed E-state index contributed by atoms with van der Waals surface area (Å²) in [5.41, 5.74) is 1.37. The van der Waals surface area contributed by atoms with Crippen molar-refractivity contribution in [2.45, 2.75) is 25.4 Å². The Bertz CT molecular complexity index is 906. The molecule has 0 saturated carbocycles. The molecule has 1 heterocycles. The van der Waals surface area contributed by atoms with Crippen molar-refractivity contribution in [2.24, 2.45) is 0 Å². The molecule has 4 heteroatoms. The molecule has 134 valence electrons. The maximum atomic E-state index is 6.24. The van der Waals surface area contributed by atoms with Crippen molar-refractivity contribution >= 4 is 34.0 Å². The summed E-state index contributed by atoms with van der Waals surface area (Å²) in [6, 6.07) is 21.0. The van der Waals surface area contributed by atoms with Crippen LogP contribution in [0.15, 0.2) is 60.7 Å². The lowest BCUT2D eigenvalue weighted by Crippen LogP contribution is -2.33. The summed E-state index contributed by atoms with van der Waals surface area (Å²) in [6.45, 7) is 2.67. The van der Waals surface area contributed by atoms with Crippen LogP contribution in [0.3, 0.4) is 0 Å². The van der Waals surface area contributed by atoms with Crippen LogP contribution in [-0.4, -0.2) is 24.1 Å². The average Bonchev–Trinajstić information content (AvgIpc) is 3.10. The van der Waals surface area contributed by atoms with E-state index in [-0.39, 0.29) is 0 Å². The van der Waals surface area contributed by atoms with Crippen LogP contribution >= 0.6 is 23.2 Å². The van der Waals surface area contributed by atoms with E-state index >= 15 is 0 Å². The van der Waals surface area contributed by atoms with Crippen LogP contribution in [0.25, 0.3) is 10.8 Å². The zero-order valence-corrected chi connectivity index (χ0v) is 16.0. The number of halogens is 2. The third-order valence-corrected chi connectivity index (χ3v) is 5.90. The summed E-state index contributed by atoms with van der Waals surface area (Å²) >= 11 is 12.3. The van der Waals surface area contributed by atoms with Gasteiger partial charge in [0.05, 0.1) is 5.02 Å². The summed E-state index contributed by atoms with van der Waals surface area (Å²) in [4.78, 5) is 2.51. The summed E-state index contributed by atoms with van der Waals surface area (Å²) in [7, 11) is 0. The largest absolute Gasteiger partial charge is 0.490 e. The highest BCUT2D eigenvalue weighted by atomic mass is 35.5. The van der Waals surface area contributed by atoms with Gasteiger partial charge in [-0.1, -0.05) is 71.7 Å². The predicted octanol–water partition coefficient (Wildman–Crippen LogP) is 6.19. The fourth-order valence-electron chi connectivity index (χ4n) is 3.72. The van der Waals surface area contributed by atoms with E-state index in [9.17, 15) is 0 Å². The number of rotatable bonds is 5. The first kappa shape index (κ1) is 17.7. The fraction of sp³-hybridized carbons (Fsp3) is 0.273. The van der Waals surface area contributed by atoms with Crippen molar-refractivity contribution in [3.05, 3.63) is 76.3 Å².